The van der Waals surface area contributed by atoms with E-state index in [4.69, 9.17) is 27.7 Å². The van der Waals surface area contributed by atoms with Gasteiger partial charge in [0.1, 0.15) is 11.2 Å². The molecule has 0 aliphatic rings. The largest absolute Gasteiger partial charge is 0.456 e. The third-order valence-corrected chi connectivity index (χ3v) is 7.82. The molecule has 0 amide bonds. The Kier molecular flexibility index (Phi) is 2.31. The molecule has 0 saturated carbocycles. The molecule has 1 aromatic heterocycles. The van der Waals surface area contributed by atoms with Crippen LogP contribution >= 0.6 is 0 Å². The van der Waals surface area contributed by atoms with Gasteiger partial charge in [0.2, 0.25) is 0 Å². The first-order valence-corrected chi connectivity index (χ1v) is 13.9. The summed E-state index contributed by atoms with van der Waals surface area (Å²) in [5.74, 6) is 0. The van der Waals surface area contributed by atoms with E-state index < -0.39 is 268 Å². The molecule has 0 N–H and O–H groups in total. The Morgan fingerprint density at radius 2 is 0.851 bits per heavy atom. The van der Waals surface area contributed by atoms with E-state index in [1.165, 1.54) is 0 Å². The predicted octanol–water partition coefficient (Wildman–Crippen LogP) is 13.2. The van der Waals surface area contributed by atoms with Crippen molar-refractivity contribution in [2.24, 2.45) is 0 Å². The van der Waals surface area contributed by atoms with Crippen molar-refractivity contribution >= 4 is 65.0 Å². The summed E-state index contributed by atoms with van der Waals surface area (Å²) >= 11 is 0. The molecule has 0 aliphatic heterocycles. The van der Waals surface area contributed by atoms with E-state index in [0.29, 0.717) is 0 Å². The predicted molar refractivity (Wildman–Crippen MR) is 200 cm³/mol. The van der Waals surface area contributed by atoms with Crippen molar-refractivity contribution in [3.8, 4) is 33.4 Å². The third-order valence-electron chi connectivity index (χ3n) is 7.82. The van der Waals surface area contributed by atoms with Crippen molar-refractivity contribution in [2.45, 2.75) is 0 Å². The minimum absolute atomic E-state index is 0.493. The molecule has 10 aromatic rings. The molecule has 1 heteroatoms. The summed E-state index contributed by atoms with van der Waals surface area (Å²) in [7, 11) is 0. The van der Waals surface area contributed by atoms with Gasteiger partial charge in [-0.25, -0.2) is 0 Å². The number of rotatable bonds is 3. The van der Waals surface area contributed by atoms with Gasteiger partial charge in [0.25, 0.3) is 0 Å². The Balaban J connectivity index is 1.56. The van der Waals surface area contributed by atoms with Crippen LogP contribution in [0.2, 0.25) is 0 Å². The number of hydrogen-bond acceptors (Lipinski definition) is 1. The minimum atomic E-state index is -1.12. The van der Waals surface area contributed by atoms with Crippen molar-refractivity contribution < 1.29 is 42.8 Å². The number of furan rings is 1. The highest BCUT2D eigenvalue weighted by molar-refractivity contribution is 6.27. The first-order chi connectivity index (χ1) is 35.0. The van der Waals surface area contributed by atoms with E-state index in [1.54, 1.807) is 0 Å². The Hall–Kier alpha value is -6.18. The van der Waals surface area contributed by atoms with Gasteiger partial charge in [-0.3, -0.25) is 0 Å². The van der Waals surface area contributed by atoms with Crippen molar-refractivity contribution in [2.75, 3.05) is 0 Å². The van der Waals surface area contributed by atoms with Crippen molar-refractivity contribution in [1.29, 1.82) is 0 Å². The fourth-order valence-electron chi connectivity index (χ4n) is 5.89. The van der Waals surface area contributed by atoms with Gasteiger partial charge < -0.3 is 4.42 Å². The van der Waals surface area contributed by atoms with Crippen LogP contribution in [0.3, 0.4) is 0 Å². The van der Waals surface area contributed by atoms with E-state index >= 15 is 0 Å². The first-order valence-electron chi connectivity index (χ1n) is 27.9. The molecular weight excluding hydrogens is 569 g/mol. The molecule has 10 rings (SSSR count). The van der Waals surface area contributed by atoms with Crippen LogP contribution in [0.25, 0.3) is 98.4 Å². The number of fused-ring (bicyclic) bond motifs is 7. The van der Waals surface area contributed by atoms with E-state index in [-0.39, 0.29) is 0 Å². The second kappa shape index (κ2) is 10.2. The zero-order valence-electron chi connectivity index (χ0n) is 51.4. The maximum atomic E-state index is 9.87. The molecule has 0 radical (unpaired) electrons. The summed E-state index contributed by atoms with van der Waals surface area (Å²) in [5.41, 5.74) is -5.79. The van der Waals surface area contributed by atoms with Crippen LogP contribution in [0.5, 0.6) is 0 Å². The molecule has 9 aromatic carbocycles. The van der Waals surface area contributed by atoms with Gasteiger partial charge in [0.15, 0.2) is 0 Å². The molecule has 0 unspecified atom stereocenters. The lowest BCUT2D eigenvalue weighted by atomic mass is 9.83. The number of benzene rings is 9. The van der Waals surface area contributed by atoms with Gasteiger partial charge in [-0.2, -0.15) is 0 Å². The van der Waals surface area contributed by atoms with Crippen molar-refractivity contribution in [3.05, 3.63) is 169 Å². The number of hydrogen-bond donors (Lipinski definition) is 0. The highest BCUT2D eigenvalue weighted by Gasteiger charge is 2.21. The summed E-state index contributed by atoms with van der Waals surface area (Å²) in [5, 5.41) is -6.81. The highest BCUT2D eigenvalue weighted by Crippen LogP contribution is 2.48. The van der Waals surface area contributed by atoms with Crippen LogP contribution in [0.15, 0.2) is 174 Å². The van der Waals surface area contributed by atoms with Gasteiger partial charge in [0.05, 0.1) is 38.4 Å². The standard InChI is InChI=1S/C46H28O/c1-2-13-30-28-31(25-24-29(30)12-1)32-26-27-39(34-15-4-3-14-33(32)34)44-35-16-5-7-18-37(35)45(38-19-8-6-17-36(38)44)41-21-11-23-43-46(41)40-20-9-10-22-42(40)47-43/h1-28H/i1D,2D,3D,4D,5D,6D,7D,8D,9D,10D,11D,12D,13D,14D,15D,16D,17D,18D,19D,20D,21D,22D,23D,24D,25D,26D,27D,28D. The van der Waals surface area contributed by atoms with Crippen LogP contribution in [0.4, 0.5) is 0 Å². The van der Waals surface area contributed by atoms with Gasteiger partial charge in [-0.1, -0.05) is 151 Å². The lowest BCUT2D eigenvalue weighted by molar-refractivity contribution is 0.669. The van der Waals surface area contributed by atoms with Crippen molar-refractivity contribution in [3.63, 3.8) is 0 Å². The molecule has 0 fully saturated rings. The summed E-state index contributed by atoms with van der Waals surface area (Å²) in [6.45, 7) is 0. The van der Waals surface area contributed by atoms with Gasteiger partial charge in [-0.05, 0) is 94.6 Å². The molecule has 1 nitrogen and oxygen atoms in total. The monoisotopic (exact) mass is 624 g/mol. The number of para-hydroxylation sites is 1. The van der Waals surface area contributed by atoms with E-state index in [1.807, 2.05) is 0 Å². The Morgan fingerprint density at radius 3 is 1.55 bits per heavy atom. The van der Waals surface area contributed by atoms with Crippen molar-refractivity contribution in [1.82, 2.24) is 0 Å². The lowest BCUT2D eigenvalue weighted by Crippen LogP contribution is -1.93. The van der Waals surface area contributed by atoms with Gasteiger partial charge in [-0.15, -0.1) is 0 Å². The summed E-state index contributed by atoms with van der Waals surface area (Å²) < 4.78 is 259. The molecule has 1 heterocycles. The Bertz CT molecular complexity index is 4360. The Labute approximate surface area is 311 Å². The maximum absolute atomic E-state index is 9.87. The second-order valence-electron chi connectivity index (χ2n) is 10.3. The molecule has 0 atom stereocenters. The fraction of sp³-hybridized carbons (Fsp3) is 0. The topological polar surface area (TPSA) is 13.1 Å². The highest BCUT2D eigenvalue weighted by atomic mass is 16.3. The van der Waals surface area contributed by atoms with Gasteiger partial charge >= 0.3 is 0 Å². The molecule has 0 bridgehead atoms. The quantitative estimate of drug-likeness (QED) is 0.178. The van der Waals surface area contributed by atoms with Gasteiger partial charge in [0, 0.05) is 10.8 Å². The average Bonchev–Trinajstić information content (AvgIpc) is 3.83. The van der Waals surface area contributed by atoms with E-state index in [9.17, 15) is 15.1 Å². The maximum Gasteiger partial charge on any atom is 0.136 e. The molecule has 0 aliphatic carbocycles. The zero-order chi connectivity index (χ0) is 55.3. The fourth-order valence-corrected chi connectivity index (χ4v) is 5.89. The zero-order valence-corrected chi connectivity index (χ0v) is 23.4. The molecule has 47 heavy (non-hydrogen) atoms. The summed E-state index contributed by atoms with van der Waals surface area (Å²) in [6, 6.07) is -26.4. The van der Waals surface area contributed by atoms with Crippen LogP contribution in [-0.2, 0) is 0 Å². The van der Waals surface area contributed by atoms with Crippen LogP contribution in [-0.4, -0.2) is 0 Å². The molecular formula is C46H28O. The normalized spacial score (nSPS) is 20.2. The Morgan fingerprint density at radius 1 is 0.340 bits per heavy atom. The lowest BCUT2D eigenvalue weighted by Gasteiger charge is -2.20. The SMILES string of the molecule is [2H]c1c([2H])c([2H])c2c(oc3c([2H])c([2H])c([2H])c(-c4c5c([2H])c([2H])c([2H])c([2H])c5c(-c5c([2H])c([2H])c(-c6c([2H])c([2H])c7c([2H])c([2H])c([2H])c([2H])c7c6[2H])c6c([2H])c([2H])c([2H])c([2H])c56)c5c([2H])c([2H])c([2H])c([2H])c45)c32)c1[2H]. The summed E-state index contributed by atoms with van der Waals surface area (Å²) in [4.78, 5) is 0. The molecule has 0 saturated heterocycles. The van der Waals surface area contributed by atoms with Crippen LogP contribution < -0.4 is 0 Å². The molecule has 218 valence electrons. The van der Waals surface area contributed by atoms with E-state index in [0.717, 1.165) is 0 Å². The smallest absolute Gasteiger partial charge is 0.136 e. The van der Waals surface area contributed by atoms with Crippen LogP contribution in [0, 0.1) is 0 Å². The third kappa shape index (κ3) is 3.90. The van der Waals surface area contributed by atoms with E-state index in [2.05, 4.69) is 0 Å². The molecule has 0 spiro atoms. The second-order valence-corrected chi connectivity index (χ2v) is 10.3. The first kappa shape index (κ1) is 10.7. The van der Waals surface area contributed by atoms with Crippen LogP contribution in [0.1, 0.15) is 38.4 Å². The average molecular weight is 625 g/mol. The summed E-state index contributed by atoms with van der Waals surface area (Å²) in [6.07, 6.45) is 0. The minimum Gasteiger partial charge on any atom is -0.456 e.